The van der Waals surface area contributed by atoms with Crippen LogP contribution in [0, 0.1) is 0 Å². The highest BCUT2D eigenvalue weighted by Gasteiger charge is 2.42. The van der Waals surface area contributed by atoms with Gasteiger partial charge in [0, 0.05) is 0 Å². The van der Waals surface area contributed by atoms with Crippen LogP contribution in [-0.4, -0.2) is 5.60 Å². The molecule has 29 heavy (non-hydrogen) atoms. The Hall–Kier alpha value is -0.820. The van der Waals surface area contributed by atoms with Crippen LogP contribution < -0.4 is 0 Å². The fraction of sp³-hybridized carbons (Fsp3) is 0.786. The monoisotopic (exact) mass is 400 g/mol. The second-order valence-corrected chi connectivity index (χ2v) is 12.5. The van der Waals surface area contributed by atoms with Crippen LogP contribution in [0.3, 0.4) is 0 Å². The largest absolute Gasteiger partial charge is 0.367 e. The molecular weight excluding hydrogens is 352 g/mol. The third kappa shape index (κ3) is 5.46. The number of unbranched alkanes of at least 4 members (excludes halogenated alkanes) is 1. The topological polar surface area (TPSA) is 9.23 Å². The lowest BCUT2D eigenvalue weighted by Gasteiger charge is -2.36. The van der Waals surface area contributed by atoms with Gasteiger partial charge in [0.25, 0.3) is 0 Å². The van der Waals surface area contributed by atoms with Crippen LogP contribution in [0.4, 0.5) is 0 Å². The van der Waals surface area contributed by atoms with Gasteiger partial charge in [-0.3, -0.25) is 0 Å². The third-order valence-electron chi connectivity index (χ3n) is 6.87. The van der Waals surface area contributed by atoms with E-state index in [0.717, 1.165) is 12.8 Å². The molecule has 0 saturated carbocycles. The highest BCUT2D eigenvalue weighted by Crippen LogP contribution is 2.49. The van der Waals surface area contributed by atoms with E-state index in [2.05, 4.69) is 88.3 Å². The molecule has 2 atom stereocenters. The van der Waals surface area contributed by atoms with Crippen LogP contribution >= 0.6 is 0 Å². The Kier molecular flexibility index (Phi) is 7.06. The van der Waals surface area contributed by atoms with Crippen molar-refractivity contribution in [3.05, 3.63) is 34.4 Å². The summed E-state index contributed by atoms with van der Waals surface area (Å²) < 4.78 is 6.98. The summed E-state index contributed by atoms with van der Waals surface area (Å²) in [4.78, 5) is 0. The molecule has 0 spiro atoms. The first-order valence-electron chi connectivity index (χ1n) is 12.0. The fourth-order valence-corrected chi connectivity index (χ4v) is 4.81. The fourth-order valence-electron chi connectivity index (χ4n) is 4.81. The molecule has 1 aliphatic rings. The molecule has 0 bridgehead atoms. The zero-order chi connectivity index (χ0) is 22.3. The minimum atomic E-state index is 0.0771. The standard InChI is InChI=1S/C28H48O/c1-12-14-16-28(13-2)17-15-23(29-28)24-21(26(6,7)8)18-20(25(3,4)5)19-22(24)27(9,10)11/h18-19,23H,12-17H2,1-11H3. The van der Waals surface area contributed by atoms with Crippen LogP contribution in [0.1, 0.15) is 143 Å². The van der Waals surface area contributed by atoms with Gasteiger partial charge in [0.2, 0.25) is 0 Å². The Morgan fingerprint density at radius 1 is 0.862 bits per heavy atom. The highest BCUT2D eigenvalue weighted by molar-refractivity contribution is 5.49. The molecule has 1 aromatic carbocycles. The first-order chi connectivity index (χ1) is 13.1. The van der Waals surface area contributed by atoms with Crippen molar-refractivity contribution < 1.29 is 4.74 Å². The first-order valence-corrected chi connectivity index (χ1v) is 12.0. The lowest BCUT2D eigenvalue weighted by molar-refractivity contribution is -0.0526. The summed E-state index contributed by atoms with van der Waals surface area (Å²) in [7, 11) is 0. The summed E-state index contributed by atoms with van der Waals surface area (Å²) in [5, 5.41) is 0. The van der Waals surface area contributed by atoms with Gasteiger partial charge in [-0.25, -0.2) is 0 Å². The van der Waals surface area contributed by atoms with Gasteiger partial charge in [-0.1, -0.05) is 101 Å². The van der Waals surface area contributed by atoms with Crippen molar-refractivity contribution in [2.45, 2.75) is 143 Å². The van der Waals surface area contributed by atoms with E-state index in [0.29, 0.717) is 0 Å². The minimum absolute atomic E-state index is 0.0771. The van der Waals surface area contributed by atoms with Crippen LogP contribution in [0.2, 0.25) is 0 Å². The van der Waals surface area contributed by atoms with Gasteiger partial charge < -0.3 is 4.74 Å². The molecule has 1 heterocycles. The number of hydrogen-bond donors (Lipinski definition) is 0. The summed E-state index contributed by atoms with van der Waals surface area (Å²) in [6.07, 6.45) is 7.41. The van der Waals surface area contributed by atoms with Crippen LogP contribution in [0.15, 0.2) is 12.1 Å². The molecule has 0 radical (unpaired) electrons. The molecule has 1 aromatic rings. The Bertz CT molecular complexity index is 657. The van der Waals surface area contributed by atoms with Crippen LogP contribution in [0.5, 0.6) is 0 Å². The lowest BCUT2D eigenvalue weighted by Crippen LogP contribution is -2.29. The molecule has 2 unspecified atom stereocenters. The van der Waals surface area contributed by atoms with Crippen molar-refractivity contribution >= 4 is 0 Å². The number of benzene rings is 1. The van der Waals surface area contributed by atoms with Crippen molar-refractivity contribution in [1.29, 1.82) is 0 Å². The molecule has 166 valence electrons. The normalized spacial score (nSPS) is 23.6. The summed E-state index contributed by atoms with van der Waals surface area (Å²) in [6, 6.07) is 4.98. The molecule has 1 fully saturated rings. The summed E-state index contributed by atoms with van der Waals surface area (Å²) in [6.45, 7) is 25.8. The zero-order valence-electron chi connectivity index (χ0n) is 21.4. The van der Waals surface area contributed by atoms with E-state index < -0.39 is 0 Å². The second kappa shape index (κ2) is 8.37. The Morgan fingerprint density at radius 2 is 1.38 bits per heavy atom. The predicted octanol–water partition coefficient (Wildman–Crippen LogP) is 8.77. The molecule has 1 aliphatic heterocycles. The zero-order valence-corrected chi connectivity index (χ0v) is 21.4. The van der Waals surface area contributed by atoms with Gasteiger partial charge in [-0.15, -0.1) is 0 Å². The maximum Gasteiger partial charge on any atom is 0.0839 e. The highest BCUT2D eigenvalue weighted by atomic mass is 16.5. The lowest BCUT2D eigenvalue weighted by atomic mass is 9.71. The molecule has 1 nitrogen and oxygen atoms in total. The molecule has 1 heteroatoms. The molecule has 1 saturated heterocycles. The number of rotatable bonds is 5. The third-order valence-corrected chi connectivity index (χ3v) is 6.87. The molecule has 0 aromatic heterocycles. The van der Waals surface area contributed by atoms with E-state index in [1.54, 1.807) is 0 Å². The van der Waals surface area contributed by atoms with Gasteiger partial charge in [0.05, 0.1) is 11.7 Å². The average molecular weight is 401 g/mol. The minimum Gasteiger partial charge on any atom is -0.367 e. The van der Waals surface area contributed by atoms with Crippen molar-refractivity contribution in [3.8, 4) is 0 Å². The number of ether oxygens (including phenoxy) is 1. The van der Waals surface area contributed by atoms with Crippen LogP contribution in [0.25, 0.3) is 0 Å². The van der Waals surface area contributed by atoms with Gasteiger partial charge >= 0.3 is 0 Å². The Labute approximate surface area is 182 Å². The Morgan fingerprint density at radius 3 is 1.76 bits per heavy atom. The second-order valence-electron chi connectivity index (χ2n) is 12.5. The average Bonchev–Trinajstić information content (AvgIpc) is 3.01. The smallest absolute Gasteiger partial charge is 0.0839 e. The SMILES string of the molecule is CCCCC1(CC)CCC(c2c(C(C)(C)C)cc(C(C)(C)C)cc2C(C)(C)C)O1. The van der Waals surface area contributed by atoms with E-state index in [1.807, 2.05) is 0 Å². The quantitative estimate of drug-likeness (QED) is 0.480. The molecular formula is C28H48O. The van der Waals surface area contributed by atoms with Gasteiger partial charge in [-0.2, -0.15) is 0 Å². The van der Waals surface area contributed by atoms with Gasteiger partial charge in [-0.05, 0) is 64.2 Å². The number of hydrogen-bond acceptors (Lipinski definition) is 1. The Balaban J connectivity index is 2.67. The first kappa shape index (κ1) is 24.4. The van der Waals surface area contributed by atoms with Crippen LogP contribution in [-0.2, 0) is 21.0 Å². The molecule has 0 aliphatic carbocycles. The van der Waals surface area contributed by atoms with E-state index in [4.69, 9.17) is 4.74 Å². The van der Waals surface area contributed by atoms with Crippen molar-refractivity contribution in [2.24, 2.45) is 0 Å². The summed E-state index contributed by atoms with van der Waals surface area (Å²) >= 11 is 0. The molecule has 0 amide bonds. The predicted molar refractivity (Wildman–Crippen MR) is 128 cm³/mol. The summed E-state index contributed by atoms with van der Waals surface area (Å²) in [5.41, 5.74) is 6.33. The summed E-state index contributed by atoms with van der Waals surface area (Å²) in [5.74, 6) is 0. The van der Waals surface area contributed by atoms with E-state index in [1.165, 1.54) is 47.9 Å². The van der Waals surface area contributed by atoms with Gasteiger partial charge in [0.15, 0.2) is 0 Å². The molecule has 0 N–H and O–H groups in total. The molecule has 2 rings (SSSR count). The van der Waals surface area contributed by atoms with Crippen molar-refractivity contribution in [3.63, 3.8) is 0 Å². The maximum absolute atomic E-state index is 6.98. The van der Waals surface area contributed by atoms with E-state index >= 15 is 0 Å². The van der Waals surface area contributed by atoms with E-state index in [9.17, 15) is 0 Å². The maximum atomic E-state index is 6.98. The van der Waals surface area contributed by atoms with Crippen molar-refractivity contribution in [1.82, 2.24) is 0 Å². The van der Waals surface area contributed by atoms with Crippen molar-refractivity contribution in [2.75, 3.05) is 0 Å². The van der Waals surface area contributed by atoms with Gasteiger partial charge in [0.1, 0.15) is 0 Å². The van der Waals surface area contributed by atoms with E-state index in [-0.39, 0.29) is 27.9 Å².